The Balaban J connectivity index is 2.28. The predicted molar refractivity (Wildman–Crippen MR) is 86.9 cm³/mol. The van der Waals surface area contributed by atoms with Gasteiger partial charge in [-0.2, -0.15) is 8.78 Å². The molecule has 0 radical (unpaired) electrons. The van der Waals surface area contributed by atoms with Crippen LogP contribution in [0.2, 0.25) is 0 Å². The van der Waals surface area contributed by atoms with Crippen LogP contribution in [0, 0.1) is 0 Å². The van der Waals surface area contributed by atoms with Crippen molar-refractivity contribution < 1.29 is 32.6 Å². The van der Waals surface area contributed by atoms with Gasteiger partial charge in [0.2, 0.25) is 5.91 Å². The first kappa shape index (κ1) is 19.5. The zero-order valence-corrected chi connectivity index (χ0v) is 13.8. The monoisotopic (exact) mass is 372 g/mol. The van der Waals surface area contributed by atoms with Crippen LogP contribution >= 0.6 is 0 Å². The minimum atomic E-state index is -3.13. The molecule has 26 heavy (non-hydrogen) atoms. The second-order valence-corrected chi connectivity index (χ2v) is 5.27. The van der Waals surface area contributed by atoms with Crippen molar-refractivity contribution in [2.45, 2.75) is 12.7 Å². The summed E-state index contributed by atoms with van der Waals surface area (Å²) in [4.78, 5) is 36.4. The Labute approximate surface area is 147 Å². The van der Waals surface area contributed by atoms with E-state index in [2.05, 4.69) is 15.4 Å². The summed E-state index contributed by atoms with van der Waals surface area (Å²) >= 11 is 0. The molecular weight excluding hydrogens is 354 g/mol. The Morgan fingerprint density at radius 3 is 2.69 bits per heavy atom. The number of nitrogens with one attached hydrogen (secondary N) is 2. The van der Waals surface area contributed by atoms with Crippen LogP contribution in [0.5, 0.6) is 5.75 Å². The molecule has 1 aromatic rings. The first-order chi connectivity index (χ1) is 12.3. The fourth-order valence-corrected chi connectivity index (χ4v) is 2.39. The summed E-state index contributed by atoms with van der Waals surface area (Å²) in [5.41, 5.74) is 5.31. The number of anilines is 2. The van der Waals surface area contributed by atoms with E-state index >= 15 is 0 Å². The number of primary amides is 1. The van der Waals surface area contributed by atoms with E-state index in [0.29, 0.717) is 0 Å². The lowest BCUT2D eigenvalue weighted by molar-refractivity contribution is -0.128. The van der Waals surface area contributed by atoms with E-state index in [9.17, 15) is 23.2 Å². The average Bonchev–Trinajstić information content (AvgIpc) is 2.55. The lowest BCUT2D eigenvalue weighted by Gasteiger charge is -2.28. The molecule has 0 saturated carbocycles. The van der Waals surface area contributed by atoms with Gasteiger partial charge in [0.05, 0.1) is 12.3 Å². The van der Waals surface area contributed by atoms with Crippen LogP contribution in [0.1, 0.15) is 0 Å². The van der Waals surface area contributed by atoms with Crippen LogP contribution in [0.3, 0.4) is 0 Å². The van der Waals surface area contributed by atoms with E-state index < -0.39 is 30.4 Å². The third-order valence-corrected chi connectivity index (χ3v) is 3.56. The lowest BCUT2D eigenvalue weighted by atomic mass is 10.2. The smallest absolute Gasteiger partial charge is 0.387 e. The van der Waals surface area contributed by atoms with Crippen LogP contribution in [0.25, 0.3) is 0 Å². The fourth-order valence-electron chi connectivity index (χ4n) is 2.39. The van der Waals surface area contributed by atoms with Crippen LogP contribution < -0.4 is 26.0 Å². The Morgan fingerprint density at radius 1 is 1.38 bits per heavy atom. The largest absolute Gasteiger partial charge is 0.433 e. The molecule has 142 valence electrons. The van der Waals surface area contributed by atoms with Gasteiger partial charge in [0, 0.05) is 18.3 Å². The molecule has 1 atom stereocenters. The third-order valence-electron chi connectivity index (χ3n) is 3.56. The highest BCUT2D eigenvalue weighted by atomic mass is 19.3. The first-order valence-electron chi connectivity index (χ1n) is 7.58. The zero-order valence-electron chi connectivity index (χ0n) is 13.8. The van der Waals surface area contributed by atoms with Crippen LogP contribution in [0.15, 0.2) is 18.2 Å². The van der Waals surface area contributed by atoms with Crippen molar-refractivity contribution in [1.29, 1.82) is 0 Å². The van der Waals surface area contributed by atoms with Gasteiger partial charge in [0.1, 0.15) is 6.61 Å². The summed E-state index contributed by atoms with van der Waals surface area (Å²) in [7, 11) is 1.37. The standard InChI is InChI=1S/C15H18F2N4O5/c1-19-12(13(18)23)14(24)20-8-2-3-9(10(6-8)26-15(16)17)21-4-5-25-7-11(21)22/h2-3,6,12,15,19H,4-5,7H2,1H3,(H2,18,23)(H,20,24)/t12-/m0/s1. The first-order valence-corrected chi connectivity index (χ1v) is 7.58. The van der Waals surface area contributed by atoms with Gasteiger partial charge < -0.3 is 30.7 Å². The average molecular weight is 372 g/mol. The number of amides is 3. The van der Waals surface area contributed by atoms with Crippen molar-refractivity contribution in [3.63, 3.8) is 0 Å². The molecule has 2 rings (SSSR count). The van der Waals surface area contributed by atoms with Gasteiger partial charge in [-0.05, 0) is 19.2 Å². The molecule has 3 amide bonds. The number of ether oxygens (including phenoxy) is 2. The van der Waals surface area contributed by atoms with E-state index in [1.165, 1.54) is 24.1 Å². The molecule has 1 fully saturated rings. The van der Waals surface area contributed by atoms with Gasteiger partial charge in [-0.15, -0.1) is 0 Å². The van der Waals surface area contributed by atoms with E-state index in [1.54, 1.807) is 0 Å². The Kier molecular flexibility index (Phi) is 6.41. The minimum Gasteiger partial charge on any atom is -0.433 e. The number of nitrogens with two attached hydrogens (primary N) is 1. The Hall–Kier alpha value is -2.79. The van der Waals surface area contributed by atoms with E-state index in [4.69, 9.17) is 10.5 Å². The van der Waals surface area contributed by atoms with Gasteiger partial charge in [-0.3, -0.25) is 14.4 Å². The van der Waals surface area contributed by atoms with Gasteiger partial charge in [0.25, 0.3) is 11.8 Å². The van der Waals surface area contributed by atoms with E-state index in [0.717, 1.165) is 6.07 Å². The molecule has 0 unspecified atom stereocenters. The third kappa shape index (κ3) is 4.64. The van der Waals surface area contributed by atoms with Crippen molar-refractivity contribution in [3.8, 4) is 5.75 Å². The number of likely N-dealkylation sites (N-methyl/N-ethyl adjacent to an activating group) is 1. The number of alkyl halides is 2. The summed E-state index contributed by atoms with van der Waals surface area (Å²) in [6.07, 6.45) is 0. The topological polar surface area (TPSA) is 123 Å². The molecule has 0 aromatic heterocycles. The van der Waals surface area contributed by atoms with Crippen LogP contribution in [0.4, 0.5) is 20.2 Å². The number of carbonyl (C=O) groups is 3. The molecule has 4 N–H and O–H groups in total. The summed E-state index contributed by atoms with van der Waals surface area (Å²) in [6.45, 7) is -2.88. The van der Waals surface area contributed by atoms with E-state index in [-0.39, 0.29) is 36.9 Å². The maximum atomic E-state index is 12.7. The normalized spacial score (nSPS) is 15.7. The molecule has 0 bridgehead atoms. The minimum absolute atomic E-state index is 0.0941. The van der Waals surface area contributed by atoms with Gasteiger partial charge in [-0.1, -0.05) is 0 Å². The van der Waals surface area contributed by atoms with Crippen LogP contribution in [-0.2, 0) is 19.1 Å². The summed E-state index contributed by atoms with van der Waals surface area (Å²) < 4.78 is 35.0. The fraction of sp³-hybridized carbons (Fsp3) is 0.400. The zero-order chi connectivity index (χ0) is 19.3. The highest BCUT2D eigenvalue weighted by Gasteiger charge is 2.26. The number of rotatable bonds is 7. The predicted octanol–water partition coefficient (Wildman–Crippen LogP) is -0.337. The van der Waals surface area contributed by atoms with Crippen molar-refractivity contribution >= 4 is 29.1 Å². The van der Waals surface area contributed by atoms with Crippen LogP contribution in [-0.4, -0.2) is 57.2 Å². The number of nitrogens with zero attached hydrogens (tertiary/aromatic N) is 1. The number of hydrogen-bond donors (Lipinski definition) is 3. The molecule has 11 heteroatoms. The second-order valence-electron chi connectivity index (χ2n) is 5.27. The maximum absolute atomic E-state index is 12.7. The second kappa shape index (κ2) is 8.54. The molecule has 1 aliphatic heterocycles. The van der Waals surface area contributed by atoms with Crippen molar-refractivity contribution in [2.24, 2.45) is 5.73 Å². The Morgan fingerprint density at radius 2 is 2.12 bits per heavy atom. The SMILES string of the molecule is CN[C@@H](C(N)=O)C(=O)Nc1ccc(N2CCOCC2=O)c(OC(F)F)c1. The summed E-state index contributed by atoms with van der Waals surface area (Å²) in [6, 6.07) is 2.59. The number of morpholine rings is 1. The number of hydrogen-bond acceptors (Lipinski definition) is 6. The lowest BCUT2D eigenvalue weighted by Crippen LogP contribution is -2.48. The van der Waals surface area contributed by atoms with Gasteiger partial charge in [0.15, 0.2) is 11.8 Å². The highest BCUT2D eigenvalue weighted by molar-refractivity contribution is 6.09. The van der Waals surface area contributed by atoms with Crippen molar-refractivity contribution in [1.82, 2.24) is 5.32 Å². The molecule has 1 saturated heterocycles. The summed E-state index contributed by atoms with van der Waals surface area (Å²) in [5.74, 6) is -2.37. The molecule has 9 nitrogen and oxygen atoms in total. The van der Waals surface area contributed by atoms with Gasteiger partial charge in [-0.25, -0.2) is 0 Å². The van der Waals surface area contributed by atoms with Crippen molar-refractivity contribution in [2.75, 3.05) is 37.0 Å². The van der Waals surface area contributed by atoms with Gasteiger partial charge >= 0.3 is 6.61 Å². The highest BCUT2D eigenvalue weighted by Crippen LogP contribution is 2.33. The van der Waals surface area contributed by atoms with Crippen molar-refractivity contribution in [3.05, 3.63) is 18.2 Å². The summed E-state index contributed by atoms with van der Waals surface area (Å²) in [5, 5.41) is 4.81. The number of halogens is 2. The molecule has 1 aromatic carbocycles. The molecular formula is C15H18F2N4O5. The van der Waals surface area contributed by atoms with E-state index in [1.807, 2.05) is 0 Å². The Bertz CT molecular complexity index is 701. The number of carbonyl (C=O) groups excluding carboxylic acids is 3. The molecule has 1 heterocycles. The molecule has 1 aliphatic rings. The molecule has 0 aliphatic carbocycles. The maximum Gasteiger partial charge on any atom is 0.387 e. The number of benzene rings is 1. The quantitative estimate of drug-likeness (QED) is 0.563. The molecule has 0 spiro atoms.